The van der Waals surface area contributed by atoms with E-state index in [1.165, 1.54) is 18.4 Å². The van der Waals surface area contributed by atoms with Gasteiger partial charge in [0, 0.05) is 12.6 Å². The number of aromatic nitrogens is 1. The second-order valence-electron chi connectivity index (χ2n) is 3.60. The number of benzene rings is 1. The van der Waals surface area contributed by atoms with E-state index in [1.54, 1.807) is 7.05 Å². The van der Waals surface area contributed by atoms with Gasteiger partial charge in [0.1, 0.15) is 12.1 Å². The van der Waals surface area contributed by atoms with Crippen LogP contribution in [-0.2, 0) is 6.54 Å². The molecule has 1 aromatic heterocycles. The predicted octanol–water partition coefficient (Wildman–Crippen LogP) is 2.11. The van der Waals surface area contributed by atoms with Crippen LogP contribution < -0.4 is 5.32 Å². The van der Waals surface area contributed by atoms with Crippen molar-refractivity contribution in [3.8, 4) is 11.5 Å². The van der Waals surface area contributed by atoms with E-state index in [9.17, 15) is 14.5 Å². The normalized spacial score (nSPS) is 10.6. The van der Waals surface area contributed by atoms with Gasteiger partial charge in [-0.3, -0.25) is 10.1 Å². The number of hydrogen-bond donors (Lipinski definition) is 1. The maximum atomic E-state index is 13.7. The number of rotatable bonds is 4. The van der Waals surface area contributed by atoms with Crippen molar-refractivity contribution >= 4 is 5.69 Å². The molecule has 1 heterocycles. The molecule has 7 heteroatoms. The first-order chi connectivity index (χ1) is 8.61. The van der Waals surface area contributed by atoms with Gasteiger partial charge in [0.05, 0.1) is 22.2 Å². The minimum Gasteiger partial charge on any atom is -0.444 e. The summed E-state index contributed by atoms with van der Waals surface area (Å²) in [7, 11) is 1.75. The maximum absolute atomic E-state index is 13.7. The molecule has 0 fully saturated rings. The summed E-state index contributed by atoms with van der Waals surface area (Å²) in [5.74, 6) is -0.630. The highest BCUT2D eigenvalue weighted by atomic mass is 19.1. The highest BCUT2D eigenvalue weighted by molar-refractivity contribution is 5.57. The molecular formula is C11H10FN3O3. The van der Waals surface area contributed by atoms with Crippen molar-refractivity contribution in [1.29, 1.82) is 0 Å². The third-order valence-corrected chi connectivity index (χ3v) is 2.30. The number of nitro benzene ring substituents is 1. The van der Waals surface area contributed by atoms with Gasteiger partial charge in [0.15, 0.2) is 0 Å². The standard InChI is InChI=1S/C11H10FN3O3/c1-13-5-7-6-18-11(14-7)9-3-2-8(15(16)17)4-10(9)12/h2-4,6,13H,5H2,1H3. The lowest BCUT2D eigenvalue weighted by Crippen LogP contribution is -2.04. The van der Waals surface area contributed by atoms with Crippen LogP contribution in [0, 0.1) is 15.9 Å². The van der Waals surface area contributed by atoms with Gasteiger partial charge in [0.2, 0.25) is 5.89 Å². The van der Waals surface area contributed by atoms with Gasteiger partial charge in [-0.25, -0.2) is 9.37 Å². The fraction of sp³-hybridized carbons (Fsp3) is 0.182. The number of non-ortho nitro benzene ring substituents is 1. The lowest BCUT2D eigenvalue weighted by molar-refractivity contribution is -0.385. The molecule has 0 aliphatic carbocycles. The Balaban J connectivity index is 2.35. The number of nitro groups is 1. The average molecular weight is 251 g/mol. The molecule has 0 aliphatic heterocycles. The molecule has 0 atom stereocenters. The van der Waals surface area contributed by atoms with E-state index in [1.807, 2.05) is 0 Å². The minimum atomic E-state index is -0.734. The zero-order chi connectivity index (χ0) is 13.1. The summed E-state index contributed by atoms with van der Waals surface area (Å²) in [4.78, 5) is 13.9. The Labute approximate surface area is 102 Å². The molecule has 0 radical (unpaired) electrons. The van der Waals surface area contributed by atoms with Gasteiger partial charge >= 0.3 is 0 Å². The Hall–Kier alpha value is -2.28. The van der Waals surface area contributed by atoms with Crippen LogP contribution in [0.15, 0.2) is 28.9 Å². The number of nitrogens with zero attached hydrogens (tertiary/aromatic N) is 2. The lowest BCUT2D eigenvalue weighted by atomic mass is 10.2. The second kappa shape index (κ2) is 4.92. The van der Waals surface area contributed by atoms with Crippen molar-refractivity contribution in [3.63, 3.8) is 0 Å². The Morgan fingerprint density at radius 3 is 2.94 bits per heavy atom. The van der Waals surface area contributed by atoms with E-state index >= 15 is 0 Å². The molecule has 1 aromatic carbocycles. The Kier molecular flexibility index (Phi) is 3.33. The van der Waals surface area contributed by atoms with Crippen molar-refractivity contribution in [1.82, 2.24) is 10.3 Å². The van der Waals surface area contributed by atoms with E-state index in [4.69, 9.17) is 4.42 Å². The fourth-order valence-corrected chi connectivity index (χ4v) is 1.48. The molecule has 0 amide bonds. The summed E-state index contributed by atoms with van der Waals surface area (Å²) in [6, 6.07) is 3.33. The van der Waals surface area contributed by atoms with Gasteiger partial charge in [-0.2, -0.15) is 0 Å². The van der Waals surface area contributed by atoms with Crippen molar-refractivity contribution in [3.05, 3.63) is 46.1 Å². The first kappa shape index (κ1) is 12.2. The van der Waals surface area contributed by atoms with E-state index < -0.39 is 10.7 Å². The number of nitrogens with one attached hydrogen (secondary N) is 1. The van der Waals surface area contributed by atoms with Gasteiger partial charge in [-0.15, -0.1) is 0 Å². The van der Waals surface area contributed by atoms with Gasteiger partial charge in [-0.1, -0.05) is 0 Å². The number of halogens is 1. The monoisotopic (exact) mass is 251 g/mol. The molecule has 0 aliphatic rings. The van der Waals surface area contributed by atoms with Crippen molar-refractivity contribution in [2.24, 2.45) is 0 Å². The number of hydrogen-bond acceptors (Lipinski definition) is 5. The molecule has 0 saturated heterocycles. The Morgan fingerprint density at radius 1 is 1.56 bits per heavy atom. The van der Waals surface area contributed by atoms with Crippen LogP contribution in [0.5, 0.6) is 0 Å². The lowest BCUT2D eigenvalue weighted by Gasteiger charge is -1.98. The van der Waals surface area contributed by atoms with Crippen LogP contribution >= 0.6 is 0 Å². The largest absolute Gasteiger partial charge is 0.444 e. The molecule has 0 unspecified atom stereocenters. The summed E-state index contributed by atoms with van der Waals surface area (Å²) >= 11 is 0. The molecule has 18 heavy (non-hydrogen) atoms. The first-order valence-corrected chi connectivity index (χ1v) is 5.15. The van der Waals surface area contributed by atoms with Crippen LogP contribution in [0.4, 0.5) is 10.1 Å². The highest BCUT2D eigenvalue weighted by Crippen LogP contribution is 2.25. The van der Waals surface area contributed by atoms with Crippen molar-refractivity contribution in [2.75, 3.05) is 7.05 Å². The molecule has 6 nitrogen and oxygen atoms in total. The van der Waals surface area contributed by atoms with Crippen molar-refractivity contribution in [2.45, 2.75) is 6.54 Å². The summed E-state index contributed by atoms with van der Waals surface area (Å²) in [6.45, 7) is 0.498. The average Bonchev–Trinajstić information content (AvgIpc) is 2.77. The molecule has 94 valence electrons. The fourth-order valence-electron chi connectivity index (χ4n) is 1.48. The SMILES string of the molecule is CNCc1coc(-c2ccc([N+](=O)[O-])cc2F)n1. The molecule has 1 N–H and O–H groups in total. The van der Waals surface area contributed by atoms with Crippen molar-refractivity contribution < 1.29 is 13.7 Å². The quantitative estimate of drug-likeness (QED) is 0.664. The van der Waals surface area contributed by atoms with Crippen LogP contribution in [0.25, 0.3) is 11.5 Å². The van der Waals surface area contributed by atoms with Crippen LogP contribution in [0.3, 0.4) is 0 Å². The second-order valence-corrected chi connectivity index (χ2v) is 3.60. The van der Waals surface area contributed by atoms with E-state index in [-0.39, 0.29) is 17.1 Å². The maximum Gasteiger partial charge on any atom is 0.272 e. The third kappa shape index (κ3) is 2.35. The molecule has 0 bridgehead atoms. The molecule has 2 aromatic rings. The summed E-state index contributed by atoms with van der Waals surface area (Å²) in [6.07, 6.45) is 1.41. The van der Waals surface area contributed by atoms with Gasteiger partial charge in [-0.05, 0) is 13.1 Å². The zero-order valence-corrected chi connectivity index (χ0v) is 9.51. The van der Waals surface area contributed by atoms with E-state index in [0.29, 0.717) is 12.2 Å². The summed E-state index contributed by atoms with van der Waals surface area (Å²) in [5, 5.41) is 13.4. The van der Waals surface area contributed by atoms with Crippen LogP contribution in [0.1, 0.15) is 5.69 Å². The highest BCUT2D eigenvalue weighted by Gasteiger charge is 2.15. The first-order valence-electron chi connectivity index (χ1n) is 5.15. The van der Waals surface area contributed by atoms with E-state index in [2.05, 4.69) is 10.3 Å². The third-order valence-electron chi connectivity index (χ3n) is 2.30. The van der Waals surface area contributed by atoms with E-state index in [0.717, 1.165) is 6.07 Å². The molecule has 2 rings (SSSR count). The Bertz CT molecular complexity index is 583. The van der Waals surface area contributed by atoms with Crippen LogP contribution in [0.2, 0.25) is 0 Å². The topological polar surface area (TPSA) is 81.2 Å². The van der Waals surface area contributed by atoms with Crippen LogP contribution in [-0.4, -0.2) is 17.0 Å². The number of oxazole rings is 1. The smallest absolute Gasteiger partial charge is 0.272 e. The molecular weight excluding hydrogens is 241 g/mol. The molecule has 0 spiro atoms. The predicted molar refractivity (Wildman–Crippen MR) is 61.3 cm³/mol. The zero-order valence-electron chi connectivity index (χ0n) is 9.51. The summed E-state index contributed by atoms with van der Waals surface area (Å²) < 4.78 is 18.8. The molecule has 0 saturated carbocycles. The summed E-state index contributed by atoms with van der Waals surface area (Å²) in [5.41, 5.74) is 0.423. The van der Waals surface area contributed by atoms with Gasteiger partial charge in [0.25, 0.3) is 5.69 Å². The minimum absolute atomic E-state index is 0.1000. The van der Waals surface area contributed by atoms with Gasteiger partial charge < -0.3 is 9.73 Å². The Morgan fingerprint density at radius 2 is 2.33 bits per heavy atom.